The highest BCUT2D eigenvalue weighted by Crippen LogP contribution is 2.20. The summed E-state index contributed by atoms with van der Waals surface area (Å²) in [5.41, 5.74) is 1.71. The van der Waals surface area contributed by atoms with E-state index in [1.807, 2.05) is 13.0 Å². The van der Waals surface area contributed by atoms with Gasteiger partial charge in [0.05, 0.1) is 4.90 Å². The molecule has 0 fully saturated rings. The molecule has 3 rings (SSSR count). The van der Waals surface area contributed by atoms with Crippen LogP contribution in [-0.4, -0.2) is 36.1 Å². The molecule has 0 saturated carbocycles. The number of carbonyl (C=O) groups excluding carboxylic acids is 1. The maximum Gasteiger partial charge on any atom is 0.255 e. The second-order valence-electron chi connectivity index (χ2n) is 5.81. The Balaban J connectivity index is 1.76. The van der Waals surface area contributed by atoms with E-state index in [2.05, 4.69) is 25.2 Å². The average Bonchev–Trinajstić information content (AvgIpc) is 3.08. The van der Waals surface area contributed by atoms with E-state index >= 15 is 0 Å². The molecule has 0 saturated heterocycles. The molecule has 0 bridgehead atoms. The van der Waals surface area contributed by atoms with Gasteiger partial charge in [0, 0.05) is 23.4 Å². The Labute approximate surface area is 157 Å². The van der Waals surface area contributed by atoms with Gasteiger partial charge in [0.1, 0.15) is 5.82 Å². The number of hydrogen-bond acceptors (Lipinski definition) is 5. The first-order chi connectivity index (χ1) is 12.9. The number of nitrogens with one attached hydrogen (secondary N) is 3. The van der Waals surface area contributed by atoms with Crippen molar-refractivity contribution in [1.29, 1.82) is 0 Å². The van der Waals surface area contributed by atoms with Crippen molar-refractivity contribution in [2.45, 2.75) is 18.7 Å². The summed E-state index contributed by atoms with van der Waals surface area (Å²) in [6, 6.07) is 12.9. The minimum atomic E-state index is -3.54. The Morgan fingerprint density at radius 3 is 2.52 bits per heavy atom. The highest BCUT2D eigenvalue weighted by molar-refractivity contribution is 7.89. The first-order valence-electron chi connectivity index (χ1n) is 8.29. The van der Waals surface area contributed by atoms with Crippen molar-refractivity contribution in [1.82, 2.24) is 19.9 Å². The molecule has 0 aliphatic heterocycles. The number of aryl methyl sites for hydroxylation is 1. The minimum absolute atomic E-state index is 0.114. The van der Waals surface area contributed by atoms with Gasteiger partial charge in [0.15, 0.2) is 5.82 Å². The number of anilines is 1. The summed E-state index contributed by atoms with van der Waals surface area (Å²) < 4.78 is 26.3. The van der Waals surface area contributed by atoms with Crippen molar-refractivity contribution in [3.63, 3.8) is 0 Å². The quantitative estimate of drug-likeness (QED) is 0.602. The lowest BCUT2D eigenvalue weighted by molar-refractivity contribution is 0.102. The second-order valence-corrected chi connectivity index (χ2v) is 7.57. The summed E-state index contributed by atoms with van der Waals surface area (Å²) in [6.07, 6.45) is 0. The zero-order chi connectivity index (χ0) is 19.4. The molecule has 9 heteroatoms. The van der Waals surface area contributed by atoms with Crippen LogP contribution in [0.2, 0.25) is 0 Å². The fraction of sp³-hybridized carbons (Fsp3) is 0.167. The van der Waals surface area contributed by atoms with Gasteiger partial charge in [-0.25, -0.2) is 18.1 Å². The van der Waals surface area contributed by atoms with Crippen LogP contribution in [0.3, 0.4) is 0 Å². The lowest BCUT2D eigenvalue weighted by atomic mass is 10.1. The third-order valence-electron chi connectivity index (χ3n) is 3.74. The number of benzene rings is 2. The largest absolute Gasteiger partial charge is 0.322 e. The van der Waals surface area contributed by atoms with E-state index in [-0.39, 0.29) is 10.8 Å². The molecular formula is C18H19N5O3S. The molecule has 8 nitrogen and oxygen atoms in total. The Morgan fingerprint density at radius 1 is 1.15 bits per heavy atom. The number of H-pyrrole nitrogens is 1. The van der Waals surface area contributed by atoms with Crippen LogP contribution in [0.15, 0.2) is 53.4 Å². The van der Waals surface area contributed by atoms with Crippen molar-refractivity contribution < 1.29 is 13.2 Å². The SMILES string of the molecule is CCNS(=O)(=O)c1ccc(C(=O)Nc2cccc(-c3n[nH]c(C)n3)c2)cc1. The molecule has 27 heavy (non-hydrogen) atoms. The lowest BCUT2D eigenvalue weighted by Gasteiger charge is -2.08. The number of sulfonamides is 1. The molecule has 0 atom stereocenters. The zero-order valence-electron chi connectivity index (χ0n) is 14.9. The number of rotatable bonds is 6. The molecule has 1 amide bonds. The molecular weight excluding hydrogens is 366 g/mol. The topological polar surface area (TPSA) is 117 Å². The highest BCUT2D eigenvalue weighted by Gasteiger charge is 2.14. The van der Waals surface area contributed by atoms with E-state index in [1.165, 1.54) is 24.3 Å². The smallest absolute Gasteiger partial charge is 0.255 e. The van der Waals surface area contributed by atoms with E-state index in [0.29, 0.717) is 29.4 Å². The molecule has 140 valence electrons. The summed E-state index contributed by atoms with van der Waals surface area (Å²) in [5.74, 6) is 0.902. The zero-order valence-corrected chi connectivity index (χ0v) is 15.7. The molecule has 1 aromatic heterocycles. The van der Waals surface area contributed by atoms with Crippen LogP contribution < -0.4 is 10.0 Å². The predicted octanol–water partition coefficient (Wildman–Crippen LogP) is 2.33. The van der Waals surface area contributed by atoms with Gasteiger partial charge in [0.2, 0.25) is 10.0 Å². The van der Waals surface area contributed by atoms with Gasteiger partial charge in [-0.15, -0.1) is 0 Å². The van der Waals surface area contributed by atoms with E-state index in [9.17, 15) is 13.2 Å². The van der Waals surface area contributed by atoms with Crippen LogP contribution in [0, 0.1) is 6.92 Å². The molecule has 0 aliphatic carbocycles. The molecule has 0 radical (unpaired) electrons. The van der Waals surface area contributed by atoms with Gasteiger partial charge in [-0.1, -0.05) is 19.1 Å². The van der Waals surface area contributed by atoms with Gasteiger partial charge in [-0.05, 0) is 43.3 Å². The van der Waals surface area contributed by atoms with Crippen LogP contribution in [0.25, 0.3) is 11.4 Å². The summed E-state index contributed by atoms with van der Waals surface area (Å²) in [6.45, 7) is 3.81. The fourth-order valence-electron chi connectivity index (χ4n) is 2.47. The Hall–Kier alpha value is -3.04. The normalized spacial score (nSPS) is 11.3. The number of aromatic amines is 1. The van der Waals surface area contributed by atoms with E-state index in [4.69, 9.17) is 0 Å². The van der Waals surface area contributed by atoms with E-state index < -0.39 is 10.0 Å². The van der Waals surface area contributed by atoms with E-state index in [0.717, 1.165) is 5.56 Å². The van der Waals surface area contributed by atoms with Crippen LogP contribution in [0.1, 0.15) is 23.1 Å². The third kappa shape index (κ3) is 4.39. The monoisotopic (exact) mass is 385 g/mol. The number of nitrogens with zero attached hydrogens (tertiary/aromatic N) is 2. The Morgan fingerprint density at radius 2 is 1.89 bits per heavy atom. The van der Waals surface area contributed by atoms with Crippen molar-refractivity contribution >= 4 is 21.6 Å². The Kier molecular flexibility index (Phi) is 5.33. The standard InChI is InChI=1S/C18H19N5O3S/c1-3-19-27(25,26)16-9-7-13(8-10-16)18(24)21-15-6-4-5-14(11-15)17-20-12(2)22-23-17/h4-11,19H,3H2,1-2H3,(H,21,24)(H,20,22,23). The molecule has 3 N–H and O–H groups in total. The van der Waals surface area contributed by atoms with Gasteiger partial charge < -0.3 is 5.32 Å². The summed E-state index contributed by atoms with van der Waals surface area (Å²) in [5, 5.41) is 9.67. The van der Waals surface area contributed by atoms with E-state index in [1.54, 1.807) is 25.1 Å². The summed E-state index contributed by atoms with van der Waals surface area (Å²) >= 11 is 0. The molecule has 1 heterocycles. The van der Waals surface area contributed by atoms with Crippen LogP contribution in [-0.2, 0) is 10.0 Å². The second kappa shape index (κ2) is 7.68. The Bertz CT molecular complexity index is 1060. The van der Waals surface area contributed by atoms with Crippen molar-refractivity contribution in [2.75, 3.05) is 11.9 Å². The van der Waals surface area contributed by atoms with Crippen molar-refractivity contribution in [3.05, 3.63) is 59.9 Å². The number of carbonyl (C=O) groups is 1. The van der Waals surface area contributed by atoms with Crippen molar-refractivity contribution in [3.8, 4) is 11.4 Å². The predicted molar refractivity (Wildman–Crippen MR) is 102 cm³/mol. The summed E-state index contributed by atoms with van der Waals surface area (Å²) in [7, 11) is -3.54. The summed E-state index contributed by atoms with van der Waals surface area (Å²) in [4.78, 5) is 16.8. The van der Waals surface area contributed by atoms with Gasteiger partial charge in [0.25, 0.3) is 5.91 Å². The average molecular weight is 385 g/mol. The lowest BCUT2D eigenvalue weighted by Crippen LogP contribution is -2.23. The number of amides is 1. The van der Waals surface area contributed by atoms with Gasteiger partial charge in [-0.3, -0.25) is 9.89 Å². The molecule has 0 spiro atoms. The maximum absolute atomic E-state index is 12.4. The van der Waals surface area contributed by atoms with Crippen LogP contribution in [0.4, 0.5) is 5.69 Å². The van der Waals surface area contributed by atoms with Crippen molar-refractivity contribution in [2.24, 2.45) is 0 Å². The maximum atomic E-state index is 12.4. The van der Waals surface area contributed by atoms with Gasteiger partial charge in [-0.2, -0.15) is 5.10 Å². The van der Waals surface area contributed by atoms with Crippen LogP contribution in [0.5, 0.6) is 0 Å². The molecule has 0 aliphatic rings. The number of hydrogen-bond donors (Lipinski definition) is 3. The first-order valence-corrected chi connectivity index (χ1v) is 9.78. The third-order valence-corrected chi connectivity index (χ3v) is 5.30. The molecule has 3 aromatic rings. The highest BCUT2D eigenvalue weighted by atomic mass is 32.2. The minimum Gasteiger partial charge on any atom is -0.322 e. The number of aromatic nitrogens is 3. The molecule has 0 unspecified atom stereocenters. The van der Waals surface area contributed by atoms with Gasteiger partial charge >= 0.3 is 0 Å². The van der Waals surface area contributed by atoms with Crippen LogP contribution >= 0.6 is 0 Å². The first kappa shape index (κ1) is 18.7. The molecule has 2 aromatic carbocycles. The fourth-order valence-corrected chi connectivity index (χ4v) is 3.51.